The fourth-order valence-electron chi connectivity index (χ4n) is 4.19. The van der Waals surface area contributed by atoms with Crippen molar-refractivity contribution in [2.24, 2.45) is 0 Å². The lowest BCUT2D eigenvalue weighted by atomic mass is 9.92. The highest BCUT2D eigenvalue weighted by Crippen LogP contribution is 2.46. The molecule has 7 heteroatoms. The Morgan fingerprint density at radius 3 is 2.44 bits per heavy atom. The van der Waals surface area contributed by atoms with Crippen LogP contribution in [-0.2, 0) is 4.74 Å². The van der Waals surface area contributed by atoms with Gasteiger partial charge in [-0.3, -0.25) is 5.32 Å². The Balaban J connectivity index is 1.80. The van der Waals surface area contributed by atoms with Crippen LogP contribution in [0.1, 0.15) is 58.1 Å². The smallest absolute Gasteiger partial charge is 0.411 e. The van der Waals surface area contributed by atoms with E-state index in [9.17, 15) is 13.6 Å². The Kier molecular flexibility index (Phi) is 6.35. The van der Waals surface area contributed by atoms with Crippen molar-refractivity contribution in [3.05, 3.63) is 48.0 Å². The highest BCUT2D eigenvalue weighted by Gasteiger charge is 2.30. The van der Waals surface area contributed by atoms with Crippen LogP contribution in [0.15, 0.2) is 42.5 Å². The third kappa shape index (κ3) is 4.29. The normalized spacial score (nSPS) is 14.1. The van der Waals surface area contributed by atoms with Crippen molar-refractivity contribution < 1.29 is 23.0 Å². The minimum absolute atomic E-state index is 0.0369. The van der Waals surface area contributed by atoms with Crippen LogP contribution in [0.25, 0.3) is 22.2 Å². The zero-order valence-corrected chi connectivity index (χ0v) is 18.5. The maximum atomic E-state index is 14.3. The van der Waals surface area contributed by atoms with E-state index in [0.717, 1.165) is 24.8 Å². The summed E-state index contributed by atoms with van der Waals surface area (Å²) in [6.45, 7) is 5.95. The molecule has 2 aromatic carbocycles. The van der Waals surface area contributed by atoms with Gasteiger partial charge in [-0.15, -0.1) is 0 Å². The first-order chi connectivity index (χ1) is 15.4. The van der Waals surface area contributed by atoms with Crippen molar-refractivity contribution in [3.8, 4) is 17.0 Å². The predicted octanol–water partition coefficient (Wildman–Crippen LogP) is 7.33. The van der Waals surface area contributed by atoms with E-state index in [4.69, 9.17) is 9.47 Å². The largest absolute Gasteiger partial charge is 0.494 e. The van der Waals surface area contributed by atoms with E-state index in [-0.39, 0.29) is 17.7 Å². The van der Waals surface area contributed by atoms with Crippen molar-refractivity contribution in [1.82, 2.24) is 4.57 Å². The van der Waals surface area contributed by atoms with E-state index in [1.807, 2.05) is 13.0 Å². The molecule has 1 aliphatic rings. The summed E-state index contributed by atoms with van der Waals surface area (Å²) in [4.78, 5) is 11.9. The van der Waals surface area contributed by atoms with Crippen molar-refractivity contribution >= 4 is 22.7 Å². The standard InChI is InChI=1S/C25H28F2N2O3/c1-4-31-19-12-13-20-21(14-19)29(18-6-5-7-18)23(22(20)24(26)27)16-8-10-17(11-9-16)28-25(30)32-15(2)3/h8-15,18,24H,4-7H2,1-3H3,(H,28,30). The van der Waals surface area contributed by atoms with E-state index in [0.29, 0.717) is 34.7 Å². The molecule has 0 spiro atoms. The van der Waals surface area contributed by atoms with Crippen LogP contribution in [0.4, 0.5) is 19.3 Å². The number of halogens is 2. The van der Waals surface area contributed by atoms with E-state index in [2.05, 4.69) is 9.88 Å². The Morgan fingerprint density at radius 2 is 1.88 bits per heavy atom. The fraction of sp³-hybridized carbons (Fsp3) is 0.400. The Hall–Kier alpha value is -3.09. The summed E-state index contributed by atoms with van der Waals surface area (Å²) < 4.78 is 41.5. The zero-order chi connectivity index (χ0) is 22.8. The van der Waals surface area contributed by atoms with E-state index >= 15 is 0 Å². The van der Waals surface area contributed by atoms with E-state index in [1.54, 1.807) is 50.2 Å². The molecule has 3 aromatic rings. The summed E-state index contributed by atoms with van der Waals surface area (Å²) in [7, 11) is 0. The van der Waals surface area contributed by atoms with Crippen LogP contribution >= 0.6 is 0 Å². The number of amides is 1. The first kappa shape index (κ1) is 22.1. The number of hydrogen-bond donors (Lipinski definition) is 1. The molecule has 0 saturated heterocycles. The molecule has 1 heterocycles. The van der Waals surface area contributed by atoms with Gasteiger partial charge in [0.25, 0.3) is 6.43 Å². The summed E-state index contributed by atoms with van der Waals surface area (Å²) in [6, 6.07) is 12.5. The van der Waals surface area contributed by atoms with Gasteiger partial charge in [-0.1, -0.05) is 12.1 Å². The number of fused-ring (bicyclic) bond motifs is 1. The number of nitrogens with one attached hydrogen (secondary N) is 1. The molecule has 5 nitrogen and oxygen atoms in total. The highest BCUT2D eigenvalue weighted by atomic mass is 19.3. The molecule has 0 bridgehead atoms. The number of ether oxygens (including phenoxy) is 2. The monoisotopic (exact) mass is 442 g/mol. The number of carbonyl (C=O) groups is 1. The molecule has 0 unspecified atom stereocenters. The number of aromatic nitrogens is 1. The van der Waals surface area contributed by atoms with Crippen molar-refractivity contribution in [3.63, 3.8) is 0 Å². The average Bonchev–Trinajstić information content (AvgIpc) is 3.01. The van der Waals surface area contributed by atoms with Crippen LogP contribution in [0.3, 0.4) is 0 Å². The van der Waals surface area contributed by atoms with Crippen LogP contribution in [0, 0.1) is 0 Å². The van der Waals surface area contributed by atoms with Gasteiger partial charge in [0.05, 0.1) is 29.5 Å². The Morgan fingerprint density at radius 1 is 1.16 bits per heavy atom. The lowest BCUT2D eigenvalue weighted by Crippen LogP contribution is -2.18. The molecule has 1 aromatic heterocycles. The molecule has 0 radical (unpaired) electrons. The van der Waals surface area contributed by atoms with Crippen molar-refractivity contribution in [1.29, 1.82) is 0 Å². The van der Waals surface area contributed by atoms with Crippen molar-refractivity contribution in [2.75, 3.05) is 11.9 Å². The van der Waals surface area contributed by atoms with Gasteiger partial charge in [-0.05, 0) is 69.9 Å². The summed E-state index contributed by atoms with van der Waals surface area (Å²) in [6.07, 6.45) is -0.404. The summed E-state index contributed by atoms with van der Waals surface area (Å²) >= 11 is 0. The first-order valence-electron chi connectivity index (χ1n) is 11.1. The summed E-state index contributed by atoms with van der Waals surface area (Å²) in [5.74, 6) is 0.675. The zero-order valence-electron chi connectivity index (χ0n) is 18.5. The molecule has 170 valence electrons. The second-order valence-corrected chi connectivity index (χ2v) is 8.29. The average molecular weight is 443 g/mol. The third-order valence-electron chi connectivity index (χ3n) is 5.73. The molecular formula is C25H28F2N2O3. The number of anilines is 1. The summed E-state index contributed by atoms with van der Waals surface area (Å²) in [5, 5.41) is 3.21. The lowest BCUT2D eigenvalue weighted by molar-refractivity contribution is 0.130. The second kappa shape index (κ2) is 9.18. The number of hydrogen-bond acceptors (Lipinski definition) is 3. The fourth-order valence-corrected chi connectivity index (χ4v) is 4.19. The minimum atomic E-state index is -2.62. The van der Waals surface area contributed by atoms with Crippen molar-refractivity contribution in [2.45, 2.75) is 58.6 Å². The number of carbonyl (C=O) groups excluding carboxylic acids is 1. The molecule has 1 amide bonds. The van der Waals surface area contributed by atoms with Crippen LogP contribution in [0.5, 0.6) is 5.75 Å². The van der Waals surface area contributed by atoms with Gasteiger partial charge in [0, 0.05) is 23.2 Å². The van der Waals surface area contributed by atoms with Gasteiger partial charge in [-0.2, -0.15) is 0 Å². The van der Waals surface area contributed by atoms with Crippen LogP contribution in [-0.4, -0.2) is 23.4 Å². The first-order valence-corrected chi connectivity index (χ1v) is 11.1. The van der Waals surface area contributed by atoms with E-state index in [1.165, 1.54) is 0 Å². The maximum Gasteiger partial charge on any atom is 0.411 e. The Bertz CT molecular complexity index is 1100. The number of rotatable bonds is 7. The molecule has 0 aliphatic heterocycles. The topological polar surface area (TPSA) is 52.5 Å². The molecule has 4 rings (SSSR count). The quantitative estimate of drug-likeness (QED) is 0.417. The SMILES string of the molecule is CCOc1ccc2c(C(F)F)c(-c3ccc(NC(=O)OC(C)C)cc3)n(C3CCC3)c2c1. The Labute approximate surface area is 186 Å². The van der Waals surface area contributed by atoms with Crippen LogP contribution < -0.4 is 10.1 Å². The highest BCUT2D eigenvalue weighted by molar-refractivity contribution is 5.94. The maximum absolute atomic E-state index is 14.3. The van der Waals surface area contributed by atoms with Gasteiger partial charge in [-0.25, -0.2) is 13.6 Å². The molecule has 1 N–H and O–H groups in total. The van der Waals surface area contributed by atoms with Crippen LogP contribution in [0.2, 0.25) is 0 Å². The van der Waals surface area contributed by atoms with Gasteiger partial charge >= 0.3 is 6.09 Å². The number of benzene rings is 2. The predicted molar refractivity (Wildman–Crippen MR) is 122 cm³/mol. The molecule has 1 aliphatic carbocycles. The molecule has 32 heavy (non-hydrogen) atoms. The number of alkyl halides is 2. The molecule has 1 saturated carbocycles. The minimum Gasteiger partial charge on any atom is -0.494 e. The molecular weight excluding hydrogens is 414 g/mol. The summed E-state index contributed by atoms with van der Waals surface area (Å²) in [5.41, 5.74) is 2.57. The van der Waals surface area contributed by atoms with E-state index < -0.39 is 12.5 Å². The van der Waals surface area contributed by atoms with Gasteiger partial charge in [0.1, 0.15) is 5.75 Å². The van der Waals surface area contributed by atoms with Gasteiger partial charge in [0.15, 0.2) is 0 Å². The third-order valence-corrected chi connectivity index (χ3v) is 5.73. The molecule has 0 atom stereocenters. The van der Waals surface area contributed by atoms with Gasteiger partial charge < -0.3 is 14.0 Å². The lowest BCUT2D eigenvalue weighted by Gasteiger charge is -2.30. The number of nitrogens with zero attached hydrogens (tertiary/aromatic N) is 1. The second-order valence-electron chi connectivity index (χ2n) is 8.29. The molecule has 1 fully saturated rings. The van der Waals surface area contributed by atoms with Gasteiger partial charge in [0.2, 0.25) is 0 Å².